The summed E-state index contributed by atoms with van der Waals surface area (Å²) in [5, 5.41) is 5.16. The number of furan rings is 1. The fourth-order valence-electron chi connectivity index (χ4n) is 2.46. The summed E-state index contributed by atoms with van der Waals surface area (Å²) in [5.74, 6) is 0.970. The van der Waals surface area contributed by atoms with Gasteiger partial charge in [-0.3, -0.25) is 4.79 Å². The summed E-state index contributed by atoms with van der Waals surface area (Å²) in [7, 11) is 0. The number of amides is 1. The van der Waals surface area contributed by atoms with Crippen LogP contribution >= 0.6 is 0 Å². The number of hydrogen-bond acceptors (Lipinski definition) is 2. The van der Waals surface area contributed by atoms with Gasteiger partial charge in [-0.2, -0.15) is 0 Å². The lowest BCUT2D eigenvalue weighted by atomic mass is 10.0. The zero-order valence-corrected chi connectivity index (χ0v) is 12.2. The van der Waals surface area contributed by atoms with E-state index in [2.05, 4.69) is 17.6 Å². The molecule has 1 saturated carbocycles. The molecule has 4 nitrogen and oxygen atoms in total. The van der Waals surface area contributed by atoms with Crippen LogP contribution < -0.4 is 10.6 Å². The standard InChI is InChI=1S/C17H20N2O2/c1-12(15-8-5-11-21-15)18-16(13-6-3-2-4-7-13)17(20)19-14-9-10-14/h2-8,11-12,14,16,18H,9-10H2,1H3,(H,19,20)/p+1/t12-,16-/m1/s1. The van der Waals surface area contributed by atoms with Crippen molar-refractivity contribution in [1.82, 2.24) is 5.32 Å². The van der Waals surface area contributed by atoms with Crippen LogP contribution in [-0.4, -0.2) is 11.9 Å². The smallest absolute Gasteiger partial charge is 0.283 e. The quantitative estimate of drug-likeness (QED) is 0.852. The molecule has 3 rings (SSSR count). The molecule has 3 N–H and O–H groups in total. The highest BCUT2D eigenvalue weighted by molar-refractivity contribution is 5.82. The van der Waals surface area contributed by atoms with E-state index < -0.39 is 0 Å². The molecule has 21 heavy (non-hydrogen) atoms. The highest BCUT2D eigenvalue weighted by atomic mass is 16.3. The lowest BCUT2D eigenvalue weighted by Gasteiger charge is -2.19. The van der Waals surface area contributed by atoms with E-state index in [4.69, 9.17) is 4.42 Å². The van der Waals surface area contributed by atoms with Gasteiger partial charge in [0.05, 0.1) is 6.26 Å². The fraction of sp³-hybridized carbons (Fsp3) is 0.353. The van der Waals surface area contributed by atoms with Crippen molar-refractivity contribution in [2.45, 2.75) is 37.9 Å². The molecular weight excluding hydrogens is 264 g/mol. The van der Waals surface area contributed by atoms with Crippen LogP contribution in [0.25, 0.3) is 0 Å². The Bertz CT molecular complexity index is 576. The lowest BCUT2D eigenvalue weighted by Crippen LogP contribution is -2.88. The number of carbonyl (C=O) groups is 1. The van der Waals surface area contributed by atoms with E-state index in [9.17, 15) is 4.79 Å². The summed E-state index contributed by atoms with van der Waals surface area (Å²) in [6.45, 7) is 2.05. The molecule has 1 fully saturated rings. The van der Waals surface area contributed by atoms with Crippen molar-refractivity contribution in [3.8, 4) is 0 Å². The van der Waals surface area contributed by atoms with Crippen LogP contribution in [0.15, 0.2) is 53.1 Å². The van der Waals surface area contributed by atoms with Gasteiger partial charge in [-0.05, 0) is 31.9 Å². The maximum Gasteiger partial charge on any atom is 0.283 e. The van der Waals surface area contributed by atoms with E-state index in [0.29, 0.717) is 6.04 Å². The largest absolute Gasteiger partial charge is 0.463 e. The number of carbonyl (C=O) groups excluding carboxylic acids is 1. The lowest BCUT2D eigenvalue weighted by molar-refractivity contribution is -0.721. The van der Waals surface area contributed by atoms with Crippen molar-refractivity contribution in [1.29, 1.82) is 0 Å². The van der Waals surface area contributed by atoms with Gasteiger partial charge in [0, 0.05) is 11.6 Å². The number of hydrogen-bond donors (Lipinski definition) is 2. The third-order valence-electron chi connectivity index (χ3n) is 3.84. The van der Waals surface area contributed by atoms with Crippen LogP contribution in [0.2, 0.25) is 0 Å². The van der Waals surface area contributed by atoms with Crippen LogP contribution in [0.4, 0.5) is 0 Å². The van der Waals surface area contributed by atoms with Crippen molar-refractivity contribution in [3.05, 3.63) is 60.1 Å². The summed E-state index contributed by atoms with van der Waals surface area (Å²) in [5.41, 5.74) is 1.02. The molecule has 1 aliphatic carbocycles. The molecule has 0 saturated heterocycles. The molecule has 2 aromatic rings. The number of nitrogens with two attached hydrogens (primary N) is 1. The van der Waals surface area contributed by atoms with Crippen molar-refractivity contribution >= 4 is 5.91 Å². The topological polar surface area (TPSA) is 58.9 Å². The summed E-state index contributed by atoms with van der Waals surface area (Å²) in [6, 6.07) is 14.0. The second-order valence-corrected chi connectivity index (χ2v) is 5.67. The average molecular weight is 285 g/mol. The van der Waals surface area contributed by atoms with Crippen LogP contribution in [0, 0.1) is 0 Å². The van der Waals surface area contributed by atoms with Gasteiger partial charge in [0.2, 0.25) is 0 Å². The van der Waals surface area contributed by atoms with E-state index in [1.807, 2.05) is 42.5 Å². The predicted octanol–water partition coefficient (Wildman–Crippen LogP) is 1.92. The fourth-order valence-corrected chi connectivity index (χ4v) is 2.46. The van der Waals surface area contributed by atoms with Crippen molar-refractivity contribution in [3.63, 3.8) is 0 Å². The monoisotopic (exact) mass is 285 g/mol. The van der Waals surface area contributed by atoms with Crippen molar-refractivity contribution in [2.75, 3.05) is 0 Å². The molecule has 1 amide bonds. The minimum absolute atomic E-state index is 0.0853. The van der Waals surface area contributed by atoms with Gasteiger partial charge in [0.25, 0.3) is 5.91 Å². The number of rotatable bonds is 6. The Hall–Kier alpha value is -2.07. The van der Waals surface area contributed by atoms with Gasteiger partial charge in [-0.25, -0.2) is 0 Å². The highest BCUT2D eigenvalue weighted by Gasteiger charge is 2.32. The Morgan fingerprint density at radius 2 is 2.00 bits per heavy atom. The van der Waals surface area contributed by atoms with Gasteiger partial charge in [0.15, 0.2) is 11.8 Å². The highest BCUT2D eigenvalue weighted by Crippen LogP contribution is 2.20. The molecule has 1 aromatic carbocycles. The first kappa shape index (κ1) is 13.9. The maximum atomic E-state index is 12.5. The average Bonchev–Trinajstić information content (AvgIpc) is 3.15. The Morgan fingerprint density at radius 3 is 2.62 bits per heavy atom. The van der Waals surface area contributed by atoms with Crippen molar-refractivity contribution in [2.24, 2.45) is 0 Å². The Labute approximate surface area is 124 Å². The van der Waals surface area contributed by atoms with E-state index in [1.54, 1.807) is 6.26 Å². The normalized spacial score (nSPS) is 17.2. The minimum atomic E-state index is -0.244. The van der Waals surface area contributed by atoms with Gasteiger partial charge in [-0.1, -0.05) is 30.3 Å². The third kappa shape index (κ3) is 3.52. The molecular formula is C17H21N2O2+. The minimum Gasteiger partial charge on any atom is -0.463 e. The molecule has 0 spiro atoms. The molecule has 0 unspecified atom stereocenters. The van der Waals surface area contributed by atoms with E-state index in [-0.39, 0.29) is 18.0 Å². The van der Waals surface area contributed by atoms with Gasteiger partial charge >= 0.3 is 0 Å². The maximum absolute atomic E-state index is 12.5. The van der Waals surface area contributed by atoms with Gasteiger partial charge < -0.3 is 15.1 Å². The second-order valence-electron chi connectivity index (χ2n) is 5.67. The first-order valence-corrected chi connectivity index (χ1v) is 7.48. The summed E-state index contributed by atoms with van der Waals surface area (Å²) < 4.78 is 5.44. The molecule has 0 bridgehead atoms. The summed E-state index contributed by atoms with van der Waals surface area (Å²) in [6.07, 6.45) is 3.86. The second kappa shape index (κ2) is 6.14. The molecule has 0 radical (unpaired) electrons. The van der Waals surface area contributed by atoms with Crippen LogP contribution in [0.1, 0.15) is 43.2 Å². The summed E-state index contributed by atoms with van der Waals surface area (Å²) >= 11 is 0. The molecule has 1 heterocycles. The van der Waals surface area contributed by atoms with Crippen molar-refractivity contribution < 1.29 is 14.5 Å². The molecule has 4 heteroatoms. The van der Waals surface area contributed by atoms with Crippen LogP contribution in [0.5, 0.6) is 0 Å². The molecule has 0 aliphatic heterocycles. The zero-order chi connectivity index (χ0) is 14.7. The van der Waals surface area contributed by atoms with Gasteiger partial charge in [0.1, 0.15) is 6.04 Å². The third-order valence-corrected chi connectivity index (χ3v) is 3.84. The Balaban J connectivity index is 1.76. The van der Waals surface area contributed by atoms with E-state index >= 15 is 0 Å². The summed E-state index contributed by atoms with van der Waals surface area (Å²) in [4.78, 5) is 12.5. The molecule has 110 valence electrons. The van der Waals surface area contributed by atoms with E-state index in [0.717, 1.165) is 24.2 Å². The Morgan fingerprint density at radius 1 is 1.24 bits per heavy atom. The molecule has 1 aromatic heterocycles. The van der Waals surface area contributed by atoms with Crippen LogP contribution in [0.3, 0.4) is 0 Å². The van der Waals surface area contributed by atoms with E-state index in [1.165, 1.54) is 0 Å². The first-order chi connectivity index (χ1) is 10.2. The number of benzene rings is 1. The zero-order valence-electron chi connectivity index (χ0n) is 12.2. The Kier molecular flexibility index (Phi) is 4.06. The van der Waals surface area contributed by atoms with Gasteiger partial charge in [-0.15, -0.1) is 0 Å². The number of nitrogens with one attached hydrogen (secondary N) is 1. The SMILES string of the molecule is C[C@@H]([NH2+][C@@H](C(=O)NC1CC1)c1ccccc1)c1ccco1. The predicted molar refractivity (Wildman–Crippen MR) is 79.4 cm³/mol. The molecule has 2 atom stereocenters. The number of quaternary nitrogens is 1. The van der Waals surface area contributed by atoms with Crippen LogP contribution in [-0.2, 0) is 4.79 Å². The molecule has 1 aliphatic rings. The first-order valence-electron chi connectivity index (χ1n) is 7.48.